The fourth-order valence-electron chi connectivity index (χ4n) is 4.66. The van der Waals surface area contributed by atoms with Crippen LogP contribution in [0.25, 0.3) is 10.9 Å². The van der Waals surface area contributed by atoms with Gasteiger partial charge in [-0.2, -0.15) is 0 Å². The number of methoxy groups -OCH3 is 1. The van der Waals surface area contributed by atoms with E-state index in [-0.39, 0.29) is 6.79 Å². The molecule has 6 rings (SSSR count). The third-order valence-electron chi connectivity index (χ3n) is 6.66. The van der Waals surface area contributed by atoms with E-state index in [0.29, 0.717) is 5.92 Å². The summed E-state index contributed by atoms with van der Waals surface area (Å²) >= 11 is 0. The fraction of sp³-hybridized carbons (Fsp3) is 0.417. The standard InChI is InChI=1S/C24H26N4O3/c1-29-20-8-3-2-7-19(20)27-9-11-28(12-10-27)24-17-13-21-22(31-15-30-21)14-18(17)25-23(26-24)16-5-4-6-16/h2-3,7-8,13-14,16H,4-6,9-12,15H2,1H3. The van der Waals surface area contributed by atoms with Crippen molar-refractivity contribution in [3.05, 3.63) is 42.2 Å². The molecule has 2 aliphatic heterocycles. The molecule has 0 atom stereocenters. The van der Waals surface area contributed by atoms with Gasteiger partial charge in [-0.15, -0.1) is 0 Å². The normalized spacial score (nSPS) is 18.4. The van der Waals surface area contributed by atoms with Crippen LogP contribution in [0.1, 0.15) is 31.0 Å². The Morgan fingerprint density at radius 2 is 1.68 bits per heavy atom. The van der Waals surface area contributed by atoms with Crippen LogP contribution in [-0.4, -0.2) is 50.0 Å². The molecular weight excluding hydrogens is 392 g/mol. The summed E-state index contributed by atoms with van der Waals surface area (Å²) in [4.78, 5) is 14.8. The van der Waals surface area contributed by atoms with Crippen molar-refractivity contribution in [2.75, 3.05) is 49.9 Å². The number of piperazine rings is 1. The summed E-state index contributed by atoms with van der Waals surface area (Å²) in [6.45, 7) is 3.87. The van der Waals surface area contributed by atoms with E-state index in [4.69, 9.17) is 24.2 Å². The molecule has 160 valence electrons. The number of benzene rings is 2. The van der Waals surface area contributed by atoms with E-state index >= 15 is 0 Å². The average molecular weight is 418 g/mol. The molecule has 2 aromatic carbocycles. The van der Waals surface area contributed by atoms with Gasteiger partial charge in [0.2, 0.25) is 6.79 Å². The zero-order chi connectivity index (χ0) is 20.8. The highest BCUT2D eigenvalue weighted by atomic mass is 16.7. The lowest BCUT2D eigenvalue weighted by Gasteiger charge is -2.38. The molecule has 0 N–H and O–H groups in total. The van der Waals surface area contributed by atoms with Gasteiger partial charge < -0.3 is 24.0 Å². The monoisotopic (exact) mass is 418 g/mol. The van der Waals surface area contributed by atoms with Crippen molar-refractivity contribution >= 4 is 22.4 Å². The highest BCUT2D eigenvalue weighted by Crippen LogP contribution is 2.41. The van der Waals surface area contributed by atoms with Gasteiger partial charge in [0.25, 0.3) is 0 Å². The molecule has 0 radical (unpaired) electrons. The van der Waals surface area contributed by atoms with Crippen LogP contribution in [0.15, 0.2) is 36.4 Å². The van der Waals surface area contributed by atoms with Crippen LogP contribution < -0.4 is 24.0 Å². The van der Waals surface area contributed by atoms with Gasteiger partial charge in [-0.25, -0.2) is 9.97 Å². The van der Waals surface area contributed by atoms with Gasteiger partial charge >= 0.3 is 0 Å². The Morgan fingerprint density at radius 3 is 2.42 bits per heavy atom. The molecular formula is C24H26N4O3. The van der Waals surface area contributed by atoms with Crippen molar-refractivity contribution < 1.29 is 14.2 Å². The molecule has 0 spiro atoms. The highest BCUT2D eigenvalue weighted by Gasteiger charge is 2.28. The quantitative estimate of drug-likeness (QED) is 0.636. The highest BCUT2D eigenvalue weighted by molar-refractivity contribution is 5.92. The molecule has 7 heteroatoms. The first-order valence-corrected chi connectivity index (χ1v) is 11.0. The van der Waals surface area contributed by atoms with Crippen LogP contribution in [0.2, 0.25) is 0 Å². The summed E-state index contributed by atoms with van der Waals surface area (Å²) in [5.74, 6) is 4.94. The summed E-state index contributed by atoms with van der Waals surface area (Å²) in [5.41, 5.74) is 2.10. The number of para-hydroxylation sites is 2. The molecule has 3 aliphatic rings. The maximum absolute atomic E-state index is 5.64. The van der Waals surface area contributed by atoms with Crippen LogP contribution in [-0.2, 0) is 0 Å². The minimum atomic E-state index is 0.265. The van der Waals surface area contributed by atoms with Crippen molar-refractivity contribution in [2.24, 2.45) is 0 Å². The molecule has 1 aromatic heterocycles. The minimum Gasteiger partial charge on any atom is -0.495 e. The number of hydrogen-bond donors (Lipinski definition) is 0. The van der Waals surface area contributed by atoms with E-state index in [1.807, 2.05) is 24.3 Å². The third-order valence-corrected chi connectivity index (χ3v) is 6.66. The fourth-order valence-corrected chi connectivity index (χ4v) is 4.66. The van der Waals surface area contributed by atoms with Gasteiger partial charge in [-0.1, -0.05) is 18.6 Å². The van der Waals surface area contributed by atoms with Crippen molar-refractivity contribution in [3.8, 4) is 17.2 Å². The van der Waals surface area contributed by atoms with Crippen LogP contribution in [0.3, 0.4) is 0 Å². The van der Waals surface area contributed by atoms with Crippen LogP contribution in [0, 0.1) is 0 Å². The number of nitrogens with zero attached hydrogens (tertiary/aromatic N) is 4. The first-order chi connectivity index (χ1) is 15.3. The van der Waals surface area contributed by atoms with Crippen molar-refractivity contribution in [3.63, 3.8) is 0 Å². The SMILES string of the molecule is COc1ccccc1N1CCN(c2nc(C3CCC3)nc3cc4c(cc23)OCO4)CC1. The molecule has 7 nitrogen and oxygen atoms in total. The summed E-state index contributed by atoms with van der Waals surface area (Å²) in [6.07, 6.45) is 3.62. The number of anilines is 2. The maximum Gasteiger partial charge on any atom is 0.231 e. The Kier molecular flexibility index (Phi) is 4.47. The number of rotatable bonds is 4. The second kappa shape index (κ2) is 7.48. The predicted octanol–water partition coefficient (Wildman–Crippen LogP) is 3.96. The second-order valence-corrected chi connectivity index (χ2v) is 8.40. The summed E-state index contributed by atoms with van der Waals surface area (Å²) in [5, 5.41) is 1.04. The zero-order valence-corrected chi connectivity index (χ0v) is 17.7. The molecule has 0 bridgehead atoms. The Morgan fingerprint density at radius 1 is 0.935 bits per heavy atom. The van der Waals surface area contributed by atoms with E-state index < -0.39 is 0 Å². The van der Waals surface area contributed by atoms with Crippen molar-refractivity contribution in [1.29, 1.82) is 0 Å². The summed E-state index contributed by atoms with van der Waals surface area (Å²) < 4.78 is 16.8. The number of ether oxygens (including phenoxy) is 3. The first-order valence-electron chi connectivity index (χ1n) is 11.0. The van der Waals surface area contributed by atoms with E-state index in [2.05, 4.69) is 21.9 Å². The number of fused-ring (bicyclic) bond motifs is 2. The number of hydrogen-bond acceptors (Lipinski definition) is 7. The molecule has 1 saturated carbocycles. The van der Waals surface area contributed by atoms with Gasteiger partial charge in [-0.05, 0) is 31.0 Å². The predicted molar refractivity (Wildman–Crippen MR) is 120 cm³/mol. The Balaban J connectivity index is 1.33. The molecule has 2 fully saturated rings. The zero-order valence-electron chi connectivity index (χ0n) is 17.7. The topological polar surface area (TPSA) is 60.0 Å². The van der Waals surface area contributed by atoms with Gasteiger partial charge in [0.1, 0.15) is 17.4 Å². The van der Waals surface area contributed by atoms with E-state index in [0.717, 1.165) is 71.7 Å². The largest absolute Gasteiger partial charge is 0.495 e. The molecule has 1 aliphatic carbocycles. The lowest BCUT2D eigenvalue weighted by atomic mass is 9.85. The molecule has 0 unspecified atom stereocenters. The van der Waals surface area contributed by atoms with Gasteiger partial charge in [0, 0.05) is 43.5 Å². The first kappa shape index (κ1) is 18.5. The molecule has 3 heterocycles. The Labute approximate surface area is 181 Å². The lowest BCUT2D eigenvalue weighted by Crippen LogP contribution is -2.47. The molecule has 3 aromatic rings. The average Bonchev–Trinajstić information content (AvgIpc) is 3.23. The smallest absolute Gasteiger partial charge is 0.231 e. The van der Waals surface area contributed by atoms with E-state index in [1.54, 1.807) is 7.11 Å². The summed E-state index contributed by atoms with van der Waals surface area (Å²) in [6, 6.07) is 12.3. The minimum absolute atomic E-state index is 0.265. The second-order valence-electron chi connectivity index (χ2n) is 8.40. The van der Waals surface area contributed by atoms with E-state index in [1.165, 1.54) is 19.3 Å². The lowest BCUT2D eigenvalue weighted by molar-refractivity contribution is 0.174. The van der Waals surface area contributed by atoms with Gasteiger partial charge in [-0.3, -0.25) is 0 Å². The van der Waals surface area contributed by atoms with Crippen LogP contribution in [0.4, 0.5) is 11.5 Å². The van der Waals surface area contributed by atoms with Crippen molar-refractivity contribution in [2.45, 2.75) is 25.2 Å². The third kappa shape index (κ3) is 3.19. The molecule has 1 saturated heterocycles. The van der Waals surface area contributed by atoms with Crippen molar-refractivity contribution in [1.82, 2.24) is 9.97 Å². The number of aromatic nitrogens is 2. The maximum atomic E-state index is 5.64. The van der Waals surface area contributed by atoms with Gasteiger partial charge in [0.15, 0.2) is 11.5 Å². The van der Waals surface area contributed by atoms with Crippen LogP contribution in [0.5, 0.6) is 17.2 Å². The summed E-state index contributed by atoms with van der Waals surface area (Å²) in [7, 11) is 1.73. The molecule has 31 heavy (non-hydrogen) atoms. The molecule has 0 amide bonds. The van der Waals surface area contributed by atoms with E-state index in [9.17, 15) is 0 Å². The Bertz CT molecular complexity index is 1120. The van der Waals surface area contributed by atoms with Gasteiger partial charge in [0.05, 0.1) is 18.3 Å². The Hall–Kier alpha value is -3.22. The van der Waals surface area contributed by atoms with Crippen LogP contribution >= 0.6 is 0 Å².